The largest absolute Gasteiger partial charge is 0.325 e. The number of anilines is 1. The quantitative estimate of drug-likeness (QED) is 0.477. The van der Waals surface area contributed by atoms with Crippen LogP contribution in [-0.4, -0.2) is 44.4 Å². The van der Waals surface area contributed by atoms with E-state index in [1.54, 1.807) is 0 Å². The van der Waals surface area contributed by atoms with Gasteiger partial charge in [-0.05, 0) is 55.1 Å². The van der Waals surface area contributed by atoms with Crippen LogP contribution in [0.3, 0.4) is 0 Å². The van der Waals surface area contributed by atoms with Gasteiger partial charge < -0.3 is 9.88 Å². The highest BCUT2D eigenvalue weighted by Crippen LogP contribution is 2.22. The summed E-state index contributed by atoms with van der Waals surface area (Å²) in [4.78, 5) is 15.0. The molecular formula is C25H31N5OS. The number of aromatic nitrogens is 3. The van der Waals surface area contributed by atoms with Crippen LogP contribution in [0.25, 0.3) is 0 Å². The van der Waals surface area contributed by atoms with Crippen molar-refractivity contribution in [2.45, 2.75) is 50.9 Å². The third-order valence-corrected chi connectivity index (χ3v) is 6.70. The molecule has 1 aromatic heterocycles. The Morgan fingerprint density at radius 2 is 1.72 bits per heavy atom. The van der Waals surface area contributed by atoms with Crippen LogP contribution >= 0.6 is 11.8 Å². The Balaban J connectivity index is 1.42. The maximum Gasteiger partial charge on any atom is 0.234 e. The highest BCUT2D eigenvalue weighted by Gasteiger charge is 2.19. The molecule has 0 aliphatic carbocycles. The van der Waals surface area contributed by atoms with E-state index in [1.807, 2.05) is 30.3 Å². The number of thioether (sulfide) groups is 1. The SMILES string of the molecule is CC(C)c1ccc(NC(=O)CSc2nnc(CN3CCCC3)n2Cc2ccccc2)cc1. The van der Waals surface area contributed by atoms with Gasteiger partial charge in [0, 0.05) is 5.69 Å². The average molecular weight is 450 g/mol. The first-order chi connectivity index (χ1) is 15.6. The van der Waals surface area contributed by atoms with Crippen molar-refractivity contribution in [1.82, 2.24) is 19.7 Å². The van der Waals surface area contributed by atoms with E-state index >= 15 is 0 Å². The third-order valence-electron chi connectivity index (χ3n) is 5.73. The standard InChI is InChI=1S/C25H31N5OS/c1-19(2)21-10-12-22(13-11-21)26-24(31)18-32-25-28-27-23(17-29-14-6-7-15-29)30(25)16-20-8-4-3-5-9-20/h3-5,8-13,19H,6-7,14-18H2,1-2H3,(H,26,31). The van der Waals surface area contributed by atoms with Crippen LogP contribution in [0.2, 0.25) is 0 Å². The molecule has 0 spiro atoms. The molecule has 0 unspecified atom stereocenters. The summed E-state index contributed by atoms with van der Waals surface area (Å²) < 4.78 is 2.16. The van der Waals surface area contributed by atoms with E-state index in [0.29, 0.717) is 18.2 Å². The normalized spacial score (nSPS) is 14.2. The molecule has 1 saturated heterocycles. The first kappa shape index (κ1) is 22.6. The predicted molar refractivity (Wildman–Crippen MR) is 130 cm³/mol. The molecule has 0 atom stereocenters. The van der Waals surface area contributed by atoms with Gasteiger partial charge in [-0.2, -0.15) is 0 Å². The molecule has 1 fully saturated rings. The maximum absolute atomic E-state index is 12.6. The van der Waals surface area contributed by atoms with Gasteiger partial charge >= 0.3 is 0 Å². The average Bonchev–Trinajstić information content (AvgIpc) is 3.44. The molecule has 168 valence electrons. The van der Waals surface area contributed by atoms with Crippen molar-refractivity contribution in [3.05, 3.63) is 71.5 Å². The lowest BCUT2D eigenvalue weighted by molar-refractivity contribution is -0.113. The Morgan fingerprint density at radius 1 is 1.00 bits per heavy atom. The lowest BCUT2D eigenvalue weighted by Crippen LogP contribution is -2.22. The summed E-state index contributed by atoms with van der Waals surface area (Å²) in [5, 5.41) is 12.7. The summed E-state index contributed by atoms with van der Waals surface area (Å²) >= 11 is 1.44. The first-order valence-corrected chi connectivity index (χ1v) is 12.3. The Bertz CT molecular complexity index is 1010. The molecule has 1 amide bonds. The van der Waals surface area contributed by atoms with Crippen molar-refractivity contribution in [1.29, 1.82) is 0 Å². The maximum atomic E-state index is 12.6. The fraction of sp³-hybridized carbons (Fsp3) is 0.400. The highest BCUT2D eigenvalue weighted by atomic mass is 32.2. The van der Waals surface area contributed by atoms with Gasteiger partial charge in [0.25, 0.3) is 0 Å². The van der Waals surface area contributed by atoms with Crippen LogP contribution in [0.1, 0.15) is 49.6 Å². The number of hydrogen-bond donors (Lipinski definition) is 1. The van der Waals surface area contributed by atoms with Gasteiger partial charge in [-0.1, -0.05) is 68.1 Å². The number of likely N-dealkylation sites (tertiary alicyclic amines) is 1. The number of hydrogen-bond acceptors (Lipinski definition) is 5. The van der Waals surface area contributed by atoms with Crippen LogP contribution in [-0.2, 0) is 17.9 Å². The third kappa shape index (κ3) is 5.99. The Kier molecular flexibility index (Phi) is 7.60. The van der Waals surface area contributed by atoms with Gasteiger partial charge in [0.05, 0.1) is 18.8 Å². The Morgan fingerprint density at radius 3 is 2.41 bits per heavy atom. The molecule has 1 aliphatic heterocycles. The van der Waals surface area contributed by atoms with Crippen LogP contribution < -0.4 is 5.32 Å². The second-order valence-corrected chi connectivity index (χ2v) is 9.51. The Hall–Kier alpha value is -2.64. The topological polar surface area (TPSA) is 63.1 Å². The number of nitrogens with zero attached hydrogens (tertiary/aromatic N) is 4. The molecule has 1 N–H and O–H groups in total. The smallest absolute Gasteiger partial charge is 0.234 e. The van der Waals surface area contributed by atoms with Crippen molar-refractivity contribution in [3.8, 4) is 0 Å². The van der Waals surface area contributed by atoms with Gasteiger partial charge in [-0.15, -0.1) is 10.2 Å². The summed E-state index contributed by atoms with van der Waals surface area (Å²) in [6, 6.07) is 18.4. The highest BCUT2D eigenvalue weighted by molar-refractivity contribution is 7.99. The van der Waals surface area contributed by atoms with Gasteiger partial charge in [-0.3, -0.25) is 9.69 Å². The number of rotatable bonds is 9. The van der Waals surface area contributed by atoms with Crippen LogP contribution in [0, 0.1) is 0 Å². The van der Waals surface area contributed by atoms with E-state index in [-0.39, 0.29) is 5.91 Å². The molecule has 0 bridgehead atoms. The number of carbonyl (C=O) groups is 1. The fourth-order valence-corrected chi connectivity index (χ4v) is 4.64. The molecule has 6 nitrogen and oxygen atoms in total. The van der Waals surface area contributed by atoms with Crippen molar-refractivity contribution in [2.24, 2.45) is 0 Å². The summed E-state index contributed by atoms with van der Waals surface area (Å²) in [6.45, 7) is 8.05. The molecule has 1 aliphatic rings. The molecule has 2 aromatic carbocycles. The minimum Gasteiger partial charge on any atom is -0.325 e. The minimum absolute atomic E-state index is 0.0392. The first-order valence-electron chi connectivity index (χ1n) is 11.3. The van der Waals surface area contributed by atoms with Crippen LogP contribution in [0.15, 0.2) is 59.8 Å². The number of benzene rings is 2. The van der Waals surface area contributed by atoms with Gasteiger partial charge in [0.1, 0.15) is 5.82 Å². The zero-order valence-electron chi connectivity index (χ0n) is 18.8. The molecule has 0 saturated carbocycles. The number of carbonyl (C=O) groups excluding carboxylic acids is 1. The van der Waals surface area contributed by atoms with E-state index in [9.17, 15) is 4.79 Å². The molecule has 7 heteroatoms. The summed E-state index contributed by atoms with van der Waals surface area (Å²) in [6.07, 6.45) is 2.49. The summed E-state index contributed by atoms with van der Waals surface area (Å²) in [7, 11) is 0. The van der Waals surface area contributed by atoms with Gasteiger partial charge in [0.2, 0.25) is 5.91 Å². The van der Waals surface area contributed by atoms with Crippen LogP contribution in [0.5, 0.6) is 0 Å². The van der Waals surface area contributed by atoms with Crippen molar-refractivity contribution < 1.29 is 4.79 Å². The van der Waals surface area contributed by atoms with Gasteiger partial charge in [-0.25, -0.2) is 0 Å². The number of nitrogens with one attached hydrogen (secondary N) is 1. The Labute approximate surface area is 194 Å². The molecular weight excluding hydrogens is 418 g/mol. The molecule has 32 heavy (non-hydrogen) atoms. The van der Waals surface area contributed by atoms with E-state index in [0.717, 1.165) is 36.3 Å². The molecule has 3 aromatic rings. The van der Waals surface area contributed by atoms with E-state index in [2.05, 4.69) is 63.1 Å². The lowest BCUT2D eigenvalue weighted by Gasteiger charge is -2.16. The van der Waals surface area contributed by atoms with E-state index in [4.69, 9.17) is 0 Å². The summed E-state index contributed by atoms with van der Waals surface area (Å²) in [5.74, 6) is 1.69. The zero-order chi connectivity index (χ0) is 22.3. The van der Waals surface area contributed by atoms with E-state index < -0.39 is 0 Å². The lowest BCUT2D eigenvalue weighted by atomic mass is 10.0. The van der Waals surface area contributed by atoms with Crippen molar-refractivity contribution in [2.75, 3.05) is 24.2 Å². The van der Waals surface area contributed by atoms with E-state index in [1.165, 1.54) is 35.7 Å². The second-order valence-electron chi connectivity index (χ2n) is 8.57. The molecule has 4 rings (SSSR count). The second kappa shape index (κ2) is 10.8. The number of amides is 1. The van der Waals surface area contributed by atoms with Gasteiger partial charge in [0.15, 0.2) is 5.16 Å². The van der Waals surface area contributed by atoms with Crippen molar-refractivity contribution in [3.63, 3.8) is 0 Å². The predicted octanol–water partition coefficient (Wildman–Crippen LogP) is 4.78. The van der Waals surface area contributed by atoms with Crippen molar-refractivity contribution >= 4 is 23.4 Å². The fourth-order valence-electron chi connectivity index (χ4n) is 3.89. The molecule has 0 radical (unpaired) electrons. The molecule has 2 heterocycles. The minimum atomic E-state index is -0.0392. The summed E-state index contributed by atoms with van der Waals surface area (Å²) in [5.41, 5.74) is 3.28. The monoisotopic (exact) mass is 449 g/mol. The van der Waals surface area contributed by atoms with Crippen LogP contribution in [0.4, 0.5) is 5.69 Å². The zero-order valence-corrected chi connectivity index (χ0v) is 19.6.